The maximum absolute atomic E-state index is 12.6. The Balaban J connectivity index is 5.59. The van der Waals surface area contributed by atoms with Crippen LogP contribution in [0.2, 0.25) is 0 Å². The van der Waals surface area contributed by atoms with Crippen LogP contribution in [0.5, 0.6) is 0 Å². The first kappa shape index (κ1) is 24.7. The monoisotopic (exact) mass is 390 g/mol. The van der Waals surface area contributed by atoms with E-state index in [9.17, 15) is 8.42 Å². The van der Waals surface area contributed by atoms with E-state index < -0.39 is 22.0 Å². The molecule has 0 saturated heterocycles. The van der Waals surface area contributed by atoms with Gasteiger partial charge in [-0.3, -0.25) is 0 Å². The van der Waals surface area contributed by atoms with E-state index in [0.29, 0.717) is 12.8 Å². The highest BCUT2D eigenvalue weighted by atomic mass is 32.2. The SMILES string of the molecule is C=CC[C@@H](NS(=O)C(C)(C)C)C(C)(C)[C@@H](CC=C)NS(=O)C(C)(C)C. The lowest BCUT2D eigenvalue weighted by Crippen LogP contribution is -2.56. The van der Waals surface area contributed by atoms with E-state index in [4.69, 9.17) is 0 Å². The summed E-state index contributed by atoms with van der Waals surface area (Å²) in [5.74, 6) is 0. The van der Waals surface area contributed by atoms with Crippen molar-refractivity contribution in [3.05, 3.63) is 25.3 Å². The molecule has 0 bridgehead atoms. The van der Waals surface area contributed by atoms with Gasteiger partial charge in [-0.1, -0.05) is 26.0 Å². The fraction of sp³-hybridized carbons (Fsp3) is 0.789. The Labute approximate surface area is 160 Å². The minimum absolute atomic E-state index is 0.0699. The third-order valence-electron chi connectivity index (χ3n) is 4.21. The van der Waals surface area contributed by atoms with Gasteiger partial charge >= 0.3 is 0 Å². The molecule has 0 aliphatic carbocycles. The Morgan fingerprint density at radius 1 is 0.760 bits per heavy atom. The van der Waals surface area contributed by atoms with Crippen molar-refractivity contribution in [1.29, 1.82) is 0 Å². The van der Waals surface area contributed by atoms with E-state index in [1.54, 1.807) is 0 Å². The van der Waals surface area contributed by atoms with Crippen molar-refractivity contribution in [2.24, 2.45) is 5.41 Å². The average Bonchev–Trinajstić information content (AvgIpc) is 2.43. The second-order valence-corrected chi connectivity index (χ2v) is 13.0. The van der Waals surface area contributed by atoms with Crippen LogP contribution in [0.3, 0.4) is 0 Å². The van der Waals surface area contributed by atoms with Gasteiger partial charge < -0.3 is 0 Å². The summed E-state index contributed by atoms with van der Waals surface area (Å²) in [6.07, 6.45) is 5.02. The minimum atomic E-state index is -1.19. The van der Waals surface area contributed by atoms with Gasteiger partial charge in [0.25, 0.3) is 0 Å². The molecular formula is C19H38N2O2S2. The quantitative estimate of drug-likeness (QED) is 0.554. The Bertz CT molecular complexity index is 459. The number of nitrogens with one attached hydrogen (secondary N) is 2. The van der Waals surface area contributed by atoms with Gasteiger partial charge in [0.15, 0.2) is 0 Å². The molecule has 148 valence electrons. The van der Waals surface area contributed by atoms with Gasteiger partial charge in [-0.2, -0.15) is 0 Å². The number of hydrogen-bond donors (Lipinski definition) is 2. The van der Waals surface area contributed by atoms with Gasteiger partial charge in [-0.15, -0.1) is 13.2 Å². The normalized spacial score (nSPS) is 18.2. The Kier molecular flexibility index (Phi) is 9.47. The highest BCUT2D eigenvalue weighted by Gasteiger charge is 2.40. The minimum Gasteiger partial charge on any atom is -0.242 e. The van der Waals surface area contributed by atoms with E-state index in [2.05, 4.69) is 36.4 Å². The summed E-state index contributed by atoms with van der Waals surface area (Å²) in [6.45, 7) is 23.6. The zero-order chi connectivity index (χ0) is 20.1. The fourth-order valence-corrected chi connectivity index (χ4v) is 4.22. The largest absolute Gasteiger partial charge is 0.242 e. The van der Waals surface area contributed by atoms with Gasteiger partial charge in [0, 0.05) is 12.1 Å². The van der Waals surface area contributed by atoms with Crippen LogP contribution in [0, 0.1) is 5.41 Å². The van der Waals surface area contributed by atoms with Crippen LogP contribution in [0.15, 0.2) is 25.3 Å². The summed E-state index contributed by atoms with van der Waals surface area (Å²) >= 11 is 0. The molecule has 0 spiro atoms. The molecule has 6 heteroatoms. The molecule has 0 heterocycles. The van der Waals surface area contributed by atoms with Crippen LogP contribution in [0.1, 0.15) is 68.2 Å². The summed E-state index contributed by atoms with van der Waals surface area (Å²) in [5.41, 5.74) is -0.315. The summed E-state index contributed by atoms with van der Waals surface area (Å²) in [6, 6.07) is -0.140. The zero-order valence-corrected chi connectivity index (χ0v) is 18.9. The van der Waals surface area contributed by atoms with E-state index in [1.165, 1.54) is 0 Å². The highest BCUT2D eigenvalue weighted by molar-refractivity contribution is 7.84. The van der Waals surface area contributed by atoms with Gasteiger partial charge in [-0.25, -0.2) is 17.9 Å². The molecular weight excluding hydrogens is 352 g/mol. The molecule has 0 fully saturated rings. The van der Waals surface area contributed by atoms with Crippen LogP contribution < -0.4 is 9.44 Å². The molecule has 0 aliphatic heterocycles. The summed E-state index contributed by atoms with van der Waals surface area (Å²) in [5, 5.41) is 0. The fourth-order valence-electron chi connectivity index (χ4n) is 2.20. The predicted octanol–water partition coefficient (Wildman–Crippen LogP) is 4.01. The zero-order valence-electron chi connectivity index (χ0n) is 17.3. The second kappa shape index (κ2) is 9.58. The molecule has 0 aromatic rings. The van der Waals surface area contributed by atoms with Crippen molar-refractivity contribution in [1.82, 2.24) is 9.44 Å². The standard InChI is InChI=1S/C19H38N2O2S2/c1-11-13-15(20-24(22)17(3,4)5)19(9,10)16(14-12-2)21-25(23)18(6,7)8/h11-12,15-16,20-21H,1-2,13-14H2,3-10H3/t15-,16-,24?,25?/m1/s1. The van der Waals surface area contributed by atoms with Crippen LogP contribution >= 0.6 is 0 Å². The maximum Gasteiger partial charge on any atom is 0.0973 e. The van der Waals surface area contributed by atoms with E-state index in [1.807, 2.05) is 53.7 Å². The van der Waals surface area contributed by atoms with E-state index in [-0.39, 0.29) is 27.0 Å². The predicted molar refractivity (Wildman–Crippen MR) is 113 cm³/mol. The van der Waals surface area contributed by atoms with Crippen molar-refractivity contribution in [3.63, 3.8) is 0 Å². The van der Waals surface area contributed by atoms with Crippen molar-refractivity contribution in [2.75, 3.05) is 0 Å². The Morgan fingerprint density at radius 2 is 1.04 bits per heavy atom. The van der Waals surface area contributed by atoms with Crippen LogP contribution in [0.25, 0.3) is 0 Å². The van der Waals surface area contributed by atoms with Crippen LogP contribution in [0.4, 0.5) is 0 Å². The Hall–Kier alpha value is -0.300. The first-order chi connectivity index (χ1) is 11.2. The summed E-state index contributed by atoms with van der Waals surface area (Å²) in [7, 11) is -2.39. The number of hydrogen-bond acceptors (Lipinski definition) is 2. The Morgan fingerprint density at radius 3 is 1.24 bits per heavy atom. The molecule has 25 heavy (non-hydrogen) atoms. The van der Waals surface area contributed by atoms with Gasteiger partial charge in [0.2, 0.25) is 0 Å². The topological polar surface area (TPSA) is 58.2 Å². The van der Waals surface area contributed by atoms with Crippen molar-refractivity contribution in [2.45, 2.75) is 89.8 Å². The molecule has 0 aromatic heterocycles. The molecule has 2 unspecified atom stereocenters. The third kappa shape index (κ3) is 7.85. The number of rotatable bonds is 10. The molecule has 4 atom stereocenters. The first-order valence-corrected chi connectivity index (χ1v) is 11.1. The second-order valence-electron chi connectivity index (χ2n) is 8.97. The van der Waals surface area contributed by atoms with Crippen molar-refractivity contribution >= 4 is 22.0 Å². The van der Waals surface area contributed by atoms with Gasteiger partial charge in [-0.05, 0) is 59.8 Å². The summed E-state index contributed by atoms with van der Waals surface area (Å²) in [4.78, 5) is 0. The molecule has 4 nitrogen and oxygen atoms in total. The molecule has 0 amide bonds. The maximum atomic E-state index is 12.6. The smallest absolute Gasteiger partial charge is 0.0973 e. The summed E-state index contributed by atoms with van der Waals surface area (Å²) < 4.78 is 31.1. The highest BCUT2D eigenvalue weighted by Crippen LogP contribution is 2.32. The van der Waals surface area contributed by atoms with Gasteiger partial charge in [0.1, 0.15) is 0 Å². The molecule has 0 aromatic carbocycles. The lowest BCUT2D eigenvalue weighted by atomic mass is 9.75. The molecule has 2 N–H and O–H groups in total. The van der Waals surface area contributed by atoms with E-state index >= 15 is 0 Å². The van der Waals surface area contributed by atoms with E-state index in [0.717, 1.165) is 0 Å². The van der Waals surface area contributed by atoms with Crippen molar-refractivity contribution < 1.29 is 8.42 Å². The first-order valence-electron chi connectivity index (χ1n) is 8.75. The van der Waals surface area contributed by atoms with Crippen LogP contribution in [-0.2, 0) is 22.0 Å². The molecule has 0 saturated carbocycles. The third-order valence-corrected chi connectivity index (χ3v) is 7.43. The lowest BCUT2D eigenvalue weighted by Gasteiger charge is -2.42. The average molecular weight is 391 g/mol. The molecule has 0 aliphatic rings. The van der Waals surface area contributed by atoms with Crippen molar-refractivity contribution in [3.8, 4) is 0 Å². The molecule has 0 radical (unpaired) electrons. The lowest BCUT2D eigenvalue weighted by molar-refractivity contribution is 0.202. The van der Waals surface area contributed by atoms with Crippen LogP contribution in [-0.4, -0.2) is 30.0 Å². The van der Waals surface area contributed by atoms with Gasteiger partial charge in [0.05, 0.1) is 31.5 Å². The molecule has 0 rings (SSSR count).